The van der Waals surface area contributed by atoms with Gasteiger partial charge in [0.05, 0.1) is 5.56 Å². The Labute approximate surface area is 126 Å². The van der Waals surface area contributed by atoms with Crippen LogP contribution in [0.4, 0.5) is 5.69 Å². The van der Waals surface area contributed by atoms with Gasteiger partial charge in [-0.05, 0) is 32.0 Å². The van der Waals surface area contributed by atoms with Gasteiger partial charge in [0, 0.05) is 16.1 Å². The third-order valence-corrected chi connectivity index (χ3v) is 4.04. The van der Waals surface area contributed by atoms with Gasteiger partial charge < -0.3 is 5.32 Å². The quantitative estimate of drug-likeness (QED) is 0.697. The summed E-state index contributed by atoms with van der Waals surface area (Å²) in [5, 5.41) is 3.11. The molecular weight excluding hydrogens is 290 g/mol. The topological polar surface area (TPSA) is 46.2 Å². The molecule has 2 aromatic rings. The number of para-hydroxylation sites is 1. The van der Waals surface area contributed by atoms with Gasteiger partial charge in [0.2, 0.25) is 4.74 Å². The number of carbonyl (C=O) groups excluding carboxylic acids is 1. The van der Waals surface area contributed by atoms with Crippen molar-refractivity contribution >= 4 is 40.0 Å². The lowest BCUT2D eigenvalue weighted by atomic mass is 10.1. The van der Waals surface area contributed by atoms with Gasteiger partial charge in [-0.15, -0.1) is 0 Å². The van der Waals surface area contributed by atoms with E-state index in [0.29, 0.717) is 4.99 Å². The molecule has 0 fully saturated rings. The zero-order valence-corrected chi connectivity index (χ0v) is 12.7. The molecule has 0 saturated carbocycles. The highest BCUT2D eigenvalue weighted by Gasteiger charge is 2.13. The average Bonchev–Trinajstić information content (AvgIpc) is 2.39. The van der Waals surface area contributed by atoms with Crippen LogP contribution in [0.1, 0.15) is 27.7 Å². The normalized spacial score (nSPS) is 10.1. The van der Waals surface area contributed by atoms with Crippen molar-refractivity contribution < 1.29 is 4.79 Å². The largest absolute Gasteiger partial charge is 0.346 e. The molecule has 1 N–H and O–H groups in total. The van der Waals surface area contributed by atoms with Crippen molar-refractivity contribution in [3.05, 3.63) is 61.9 Å². The number of rotatable bonds is 3. The number of hydrogen-bond acceptors (Lipinski definition) is 4. The second-order valence-corrected chi connectivity index (χ2v) is 5.89. The first-order valence-corrected chi connectivity index (χ1v) is 7.23. The molecule has 0 amide bonds. The van der Waals surface area contributed by atoms with E-state index >= 15 is 0 Å². The molecule has 0 aliphatic heterocycles. The van der Waals surface area contributed by atoms with Gasteiger partial charge in [-0.2, -0.15) is 0 Å². The standard InChI is InChI=1S/C15H13NO2S2/c1-9(17)12-8-13(10(2)20-15(12)18)14(19)16-11-6-4-3-5-7-11/h3-8H,1-2H3,(H,16,19). The fourth-order valence-corrected chi connectivity index (χ4v) is 3.00. The Morgan fingerprint density at radius 1 is 1.20 bits per heavy atom. The molecule has 0 aliphatic carbocycles. The fraction of sp³-hybridized carbons (Fsp3) is 0.133. The van der Waals surface area contributed by atoms with Crippen LogP contribution in [0.2, 0.25) is 0 Å². The molecule has 20 heavy (non-hydrogen) atoms. The van der Waals surface area contributed by atoms with E-state index < -0.39 is 0 Å². The molecule has 0 aliphatic rings. The van der Waals surface area contributed by atoms with Gasteiger partial charge in [-0.3, -0.25) is 9.59 Å². The molecule has 0 atom stereocenters. The van der Waals surface area contributed by atoms with Gasteiger partial charge in [0.25, 0.3) is 0 Å². The summed E-state index contributed by atoms with van der Waals surface area (Å²) in [5.74, 6) is -0.241. The third-order valence-electron chi connectivity index (χ3n) is 2.79. The van der Waals surface area contributed by atoms with Gasteiger partial charge in [0.1, 0.15) is 4.99 Å². The van der Waals surface area contributed by atoms with Gasteiger partial charge in [-0.1, -0.05) is 41.8 Å². The van der Waals surface area contributed by atoms with Gasteiger partial charge >= 0.3 is 0 Å². The molecule has 1 aromatic heterocycles. The number of benzene rings is 1. The fourth-order valence-electron chi connectivity index (χ4n) is 1.74. The number of nitrogens with one attached hydrogen (secondary N) is 1. The molecule has 0 spiro atoms. The molecule has 0 unspecified atom stereocenters. The summed E-state index contributed by atoms with van der Waals surface area (Å²) in [7, 11) is 0. The highest BCUT2D eigenvalue weighted by atomic mass is 32.1. The van der Waals surface area contributed by atoms with E-state index in [1.807, 2.05) is 37.3 Å². The molecule has 0 bridgehead atoms. The maximum Gasteiger partial charge on any atom is 0.243 e. The third kappa shape index (κ3) is 3.18. The number of hydrogen-bond donors (Lipinski definition) is 1. The highest BCUT2D eigenvalue weighted by molar-refractivity contribution is 7.81. The Bertz CT molecular complexity index is 720. The molecule has 1 heterocycles. The van der Waals surface area contributed by atoms with E-state index in [4.69, 9.17) is 12.2 Å². The van der Waals surface area contributed by atoms with Crippen LogP contribution < -0.4 is 10.1 Å². The van der Waals surface area contributed by atoms with Crippen molar-refractivity contribution in [1.82, 2.24) is 0 Å². The van der Waals surface area contributed by atoms with E-state index in [1.165, 1.54) is 6.92 Å². The first kappa shape index (κ1) is 14.6. The van der Waals surface area contributed by atoms with Crippen LogP contribution in [0.5, 0.6) is 0 Å². The predicted molar refractivity (Wildman–Crippen MR) is 87.1 cm³/mol. The van der Waals surface area contributed by atoms with Gasteiger partial charge in [0.15, 0.2) is 5.78 Å². The Hall–Kier alpha value is -1.85. The van der Waals surface area contributed by atoms with E-state index in [2.05, 4.69) is 5.32 Å². The zero-order valence-electron chi connectivity index (χ0n) is 11.1. The molecule has 0 saturated heterocycles. The van der Waals surface area contributed by atoms with Crippen molar-refractivity contribution in [3.63, 3.8) is 0 Å². The Balaban J connectivity index is 2.37. The monoisotopic (exact) mass is 303 g/mol. The van der Waals surface area contributed by atoms with Crippen LogP contribution in [0.25, 0.3) is 0 Å². The predicted octanol–water partition coefficient (Wildman–Crippen LogP) is 3.41. The number of carbonyl (C=O) groups is 1. The van der Waals surface area contributed by atoms with E-state index in [0.717, 1.165) is 27.5 Å². The van der Waals surface area contributed by atoms with Crippen molar-refractivity contribution in [2.24, 2.45) is 0 Å². The van der Waals surface area contributed by atoms with Crippen molar-refractivity contribution in [1.29, 1.82) is 0 Å². The maximum atomic E-state index is 11.7. The molecular formula is C15H13NO2S2. The Morgan fingerprint density at radius 2 is 1.85 bits per heavy atom. The van der Waals surface area contributed by atoms with Crippen LogP contribution in [-0.2, 0) is 0 Å². The number of ketones is 1. The second-order valence-electron chi connectivity index (χ2n) is 4.29. The summed E-state index contributed by atoms with van der Waals surface area (Å²) in [6.07, 6.45) is 0. The summed E-state index contributed by atoms with van der Waals surface area (Å²) < 4.78 is -0.221. The summed E-state index contributed by atoms with van der Waals surface area (Å²) in [6, 6.07) is 11.1. The number of aryl methyl sites for hydroxylation is 1. The van der Waals surface area contributed by atoms with E-state index in [-0.39, 0.29) is 16.1 Å². The average molecular weight is 303 g/mol. The lowest BCUT2D eigenvalue weighted by molar-refractivity contribution is 0.101. The molecule has 5 heteroatoms. The Kier molecular flexibility index (Phi) is 4.42. The molecule has 2 rings (SSSR count). The van der Waals surface area contributed by atoms with E-state index in [1.54, 1.807) is 6.07 Å². The minimum atomic E-state index is -0.241. The summed E-state index contributed by atoms with van der Waals surface area (Å²) in [4.78, 5) is 24.5. The number of Topliss-reactive ketones (excluding diaryl/α,β-unsaturated/α-hetero) is 1. The minimum absolute atomic E-state index is 0.188. The number of anilines is 1. The second kappa shape index (κ2) is 6.07. The SMILES string of the molecule is CC(=O)c1cc(C(=S)Nc2ccccc2)c(C)sc1=O. The van der Waals surface area contributed by atoms with Gasteiger partial charge in [-0.25, -0.2) is 0 Å². The van der Waals surface area contributed by atoms with Crippen LogP contribution in [0.15, 0.2) is 41.2 Å². The summed E-state index contributed by atoms with van der Waals surface area (Å²) >= 11 is 6.41. The first-order valence-electron chi connectivity index (χ1n) is 6.01. The molecule has 3 nitrogen and oxygen atoms in total. The molecule has 102 valence electrons. The summed E-state index contributed by atoms with van der Waals surface area (Å²) in [5.41, 5.74) is 1.78. The highest BCUT2D eigenvalue weighted by Crippen LogP contribution is 2.16. The van der Waals surface area contributed by atoms with Crippen molar-refractivity contribution in [3.8, 4) is 0 Å². The van der Waals surface area contributed by atoms with E-state index in [9.17, 15) is 9.59 Å². The lowest BCUT2D eigenvalue weighted by Gasteiger charge is -2.10. The minimum Gasteiger partial charge on any atom is -0.346 e. The molecule has 1 aromatic carbocycles. The van der Waals surface area contributed by atoms with Crippen LogP contribution >= 0.6 is 23.6 Å². The summed E-state index contributed by atoms with van der Waals surface area (Å²) in [6.45, 7) is 3.21. The van der Waals surface area contributed by atoms with Crippen molar-refractivity contribution in [2.45, 2.75) is 13.8 Å². The van der Waals surface area contributed by atoms with Crippen LogP contribution in [-0.4, -0.2) is 10.8 Å². The van der Waals surface area contributed by atoms with Crippen LogP contribution in [0.3, 0.4) is 0 Å². The first-order chi connectivity index (χ1) is 9.49. The number of thiocarbonyl (C=S) groups is 1. The molecule has 0 radical (unpaired) electrons. The smallest absolute Gasteiger partial charge is 0.243 e. The Morgan fingerprint density at radius 3 is 2.45 bits per heavy atom. The zero-order chi connectivity index (χ0) is 14.7. The van der Waals surface area contributed by atoms with Crippen molar-refractivity contribution in [2.75, 3.05) is 5.32 Å². The maximum absolute atomic E-state index is 11.7. The van der Waals surface area contributed by atoms with Crippen LogP contribution in [0, 0.1) is 6.92 Å². The lowest BCUT2D eigenvalue weighted by Crippen LogP contribution is -2.16.